The highest BCUT2D eigenvalue weighted by molar-refractivity contribution is 5.98. The highest BCUT2D eigenvalue weighted by Gasteiger charge is 2.18. The molecule has 5 aromatic rings. The number of benzene rings is 4. The van der Waals surface area contributed by atoms with Crippen molar-refractivity contribution in [2.24, 2.45) is 0 Å². The summed E-state index contributed by atoms with van der Waals surface area (Å²) < 4.78 is 0. The monoisotopic (exact) mass is 457 g/mol. The van der Waals surface area contributed by atoms with Gasteiger partial charge in [-0.05, 0) is 30.2 Å². The minimum absolute atomic E-state index is 0.00722. The van der Waals surface area contributed by atoms with Gasteiger partial charge < -0.3 is 4.90 Å². The second kappa shape index (κ2) is 10.3. The van der Waals surface area contributed by atoms with Gasteiger partial charge in [0, 0.05) is 29.8 Å². The van der Waals surface area contributed by atoms with E-state index in [1.807, 2.05) is 102 Å². The SMILES string of the molecule is CCCN(Cc1ccccc1)C(=O)c1ccc2nc(-c3ccccc3)c(-c3ccccc3)nc2c1. The fourth-order valence-corrected chi connectivity index (χ4v) is 4.29. The Balaban J connectivity index is 1.57. The van der Waals surface area contributed by atoms with Crippen molar-refractivity contribution in [2.45, 2.75) is 19.9 Å². The molecule has 0 radical (unpaired) electrons. The first-order valence-corrected chi connectivity index (χ1v) is 12.0. The van der Waals surface area contributed by atoms with Gasteiger partial charge in [0.1, 0.15) is 0 Å². The molecule has 0 bridgehead atoms. The number of carbonyl (C=O) groups excluding carboxylic acids is 1. The summed E-state index contributed by atoms with van der Waals surface area (Å²) in [6, 6.07) is 35.9. The Labute approximate surface area is 205 Å². The summed E-state index contributed by atoms with van der Waals surface area (Å²) in [5.74, 6) is 0.00722. The van der Waals surface area contributed by atoms with Crippen LogP contribution in [0.4, 0.5) is 0 Å². The predicted molar refractivity (Wildman–Crippen MR) is 142 cm³/mol. The Kier molecular flexibility index (Phi) is 6.62. The van der Waals surface area contributed by atoms with Gasteiger partial charge in [0.25, 0.3) is 5.91 Å². The van der Waals surface area contributed by atoms with E-state index < -0.39 is 0 Å². The van der Waals surface area contributed by atoms with Crippen molar-refractivity contribution in [3.63, 3.8) is 0 Å². The topological polar surface area (TPSA) is 46.1 Å². The maximum absolute atomic E-state index is 13.5. The van der Waals surface area contributed by atoms with Crippen LogP contribution in [-0.2, 0) is 6.54 Å². The highest BCUT2D eigenvalue weighted by Crippen LogP contribution is 2.31. The number of carbonyl (C=O) groups is 1. The summed E-state index contributed by atoms with van der Waals surface area (Å²) in [7, 11) is 0. The van der Waals surface area contributed by atoms with Crippen molar-refractivity contribution in [1.29, 1.82) is 0 Å². The quantitative estimate of drug-likeness (QED) is 0.264. The van der Waals surface area contributed by atoms with Crippen molar-refractivity contribution in [2.75, 3.05) is 6.54 Å². The lowest BCUT2D eigenvalue weighted by Crippen LogP contribution is -2.31. The van der Waals surface area contributed by atoms with Gasteiger partial charge in [0.15, 0.2) is 0 Å². The van der Waals surface area contributed by atoms with Gasteiger partial charge in [-0.3, -0.25) is 4.79 Å². The maximum atomic E-state index is 13.5. The molecule has 1 heterocycles. The van der Waals surface area contributed by atoms with Crippen LogP contribution < -0.4 is 0 Å². The van der Waals surface area contributed by atoms with Gasteiger partial charge in [-0.1, -0.05) is 97.9 Å². The molecular weight excluding hydrogens is 430 g/mol. The zero-order valence-electron chi connectivity index (χ0n) is 19.8. The Hall–Kier alpha value is -4.31. The summed E-state index contributed by atoms with van der Waals surface area (Å²) in [5, 5.41) is 0. The number of fused-ring (bicyclic) bond motifs is 1. The molecule has 0 aliphatic heterocycles. The third-order valence-electron chi connectivity index (χ3n) is 6.00. The zero-order chi connectivity index (χ0) is 24.0. The minimum atomic E-state index is 0.00722. The van der Waals surface area contributed by atoms with Crippen LogP contribution in [-0.4, -0.2) is 27.3 Å². The largest absolute Gasteiger partial charge is 0.334 e. The molecule has 4 aromatic carbocycles. The molecular formula is C31H27N3O. The first kappa shape index (κ1) is 22.5. The summed E-state index contributed by atoms with van der Waals surface area (Å²) >= 11 is 0. The molecule has 0 N–H and O–H groups in total. The number of hydrogen-bond acceptors (Lipinski definition) is 3. The number of amides is 1. The smallest absolute Gasteiger partial charge is 0.254 e. The fourth-order valence-electron chi connectivity index (χ4n) is 4.29. The van der Waals surface area contributed by atoms with Gasteiger partial charge >= 0.3 is 0 Å². The van der Waals surface area contributed by atoms with Gasteiger partial charge in [-0.2, -0.15) is 0 Å². The van der Waals surface area contributed by atoms with Crippen LogP contribution >= 0.6 is 0 Å². The van der Waals surface area contributed by atoms with Crippen LogP contribution in [0.1, 0.15) is 29.3 Å². The van der Waals surface area contributed by atoms with Crippen molar-refractivity contribution >= 4 is 16.9 Å². The first-order valence-electron chi connectivity index (χ1n) is 12.0. The lowest BCUT2D eigenvalue weighted by Gasteiger charge is -2.22. The number of aromatic nitrogens is 2. The molecule has 4 nitrogen and oxygen atoms in total. The molecule has 0 atom stereocenters. The normalized spacial score (nSPS) is 10.9. The Bertz CT molecular complexity index is 1430. The summed E-state index contributed by atoms with van der Waals surface area (Å²) in [4.78, 5) is 25.4. The second-order valence-corrected chi connectivity index (χ2v) is 8.57. The molecule has 35 heavy (non-hydrogen) atoms. The van der Waals surface area contributed by atoms with E-state index in [0.29, 0.717) is 24.2 Å². The molecule has 0 unspecified atom stereocenters. The van der Waals surface area contributed by atoms with E-state index in [0.717, 1.165) is 40.0 Å². The Morgan fingerprint density at radius 2 is 1.23 bits per heavy atom. The highest BCUT2D eigenvalue weighted by atomic mass is 16.2. The molecule has 1 aromatic heterocycles. The molecule has 1 amide bonds. The van der Waals surface area contributed by atoms with Crippen LogP contribution in [0, 0.1) is 0 Å². The molecule has 5 rings (SSSR count). The molecule has 4 heteroatoms. The zero-order valence-corrected chi connectivity index (χ0v) is 19.8. The molecule has 0 aliphatic rings. The van der Waals surface area contributed by atoms with E-state index >= 15 is 0 Å². The van der Waals surface area contributed by atoms with Gasteiger partial charge in [0.05, 0.1) is 22.4 Å². The average Bonchev–Trinajstić information content (AvgIpc) is 2.93. The van der Waals surface area contributed by atoms with Crippen LogP contribution in [0.5, 0.6) is 0 Å². The third kappa shape index (κ3) is 4.97. The number of nitrogens with zero attached hydrogens (tertiary/aromatic N) is 3. The summed E-state index contributed by atoms with van der Waals surface area (Å²) in [6.45, 7) is 3.37. The van der Waals surface area contributed by atoms with Crippen molar-refractivity contribution < 1.29 is 4.79 Å². The van der Waals surface area contributed by atoms with Crippen LogP contribution in [0.3, 0.4) is 0 Å². The molecule has 0 fully saturated rings. The van der Waals surface area contributed by atoms with E-state index in [1.54, 1.807) is 0 Å². The van der Waals surface area contributed by atoms with Gasteiger partial charge in [-0.25, -0.2) is 9.97 Å². The van der Waals surface area contributed by atoms with E-state index in [2.05, 4.69) is 19.1 Å². The Morgan fingerprint density at radius 3 is 1.80 bits per heavy atom. The van der Waals surface area contributed by atoms with Crippen molar-refractivity contribution in [1.82, 2.24) is 14.9 Å². The maximum Gasteiger partial charge on any atom is 0.254 e. The van der Waals surface area contributed by atoms with E-state index in [4.69, 9.17) is 9.97 Å². The fraction of sp³-hybridized carbons (Fsp3) is 0.129. The lowest BCUT2D eigenvalue weighted by atomic mass is 10.0. The minimum Gasteiger partial charge on any atom is -0.334 e. The summed E-state index contributed by atoms with van der Waals surface area (Å²) in [5.41, 5.74) is 6.88. The van der Waals surface area contributed by atoms with E-state index in [-0.39, 0.29) is 5.91 Å². The van der Waals surface area contributed by atoms with Gasteiger partial charge in [0.2, 0.25) is 0 Å². The lowest BCUT2D eigenvalue weighted by molar-refractivity contribution is 0.0743. The van der Waals surface area contributed by atoms with Crippen molar-refractivity contribution in [3.05, 3.63) is 120 Å². The number of hydrogen-bond donors (Lipinski definition) is 0. The van der Waals surface area contributed by atoms with Crippen LogP contribution in [0.25, 0.3) is 33.5 Å². The van der Waals surface area contributed by atoms with Crippen LogP contribution in [0.2, 0.25) is 0 Å². The third-order valence-corrected chi connectivity index (χ3v) is 6.00. The standard InChI is InChI=1S/C31H27N3O/c1-2-20-34(22-23-12-6-3-7-13-23)31(35)26-18-19-27-28(21-26)33-30(25-16-10-5-11-17-25)29(32-27)24-14-8-4-9-15-24/h3-19,21H,2,20,22H2,1H3. The van der Waals surface area contributed by atoms with Crippen molar-refractivity contribution in [3.8, 4) is 22.5 Å². The molecule has 0 spiro atoms. The molecule has 0 saturated carbocycles. The van der Waals surface area contributed by atoms with E-state index in [1.165, 1.54) is 0 Å². The number of rotatable bonds is 7. The molecule has 0 saturated heterocycles. The molecule has 172 valence electrons. The van der Waals surface area contributed by atoms with E-state index in [9.17, 15) is 4.79 Å². The van der Waals surface area contributed by atoms with Crippen LogP contribution in [0.15, 0.2) is 109 Å². The second-order valence-electron chi connectivity index (χ2n) is 8.57. The predicted octanol–water partition coefficient (Wildman–Crippen LogP) is 7.02. The first-order chi connectivity index (χ1) is 17.2. The Morgan fingerprint density at radius 1 is 0.686 bits per heavy atom. The average molecular weight is 458 g/mol. The summed E-state index contributed by atoms with van der Waals surface area (Å²) in [6.07, 6.45) is 0.893. The molecule has 0 aliphatic carbocycles. The van der Waals surface area contributed by atoms with Gasteiger partial charge in [-0.15, -0.1) is 0 Å².